The normalized spacial score (nSPS) is 22.6. The zero-order chi connectivity index (χ0) is 27.6. The van der Waals surface area contributed by atoms with Gasteiger partial charge in [-0.2, -0.15) is 0 Å². The number of halogens is 1. The highest BCUT2D eigenvalue weighted by molar-refractivity contribution is 14.1. The highest BCUT2D eigenvalue weighted by Gasteiger charge is 2.53. The Kier molecular flexibility index (Phi) is 8.95. The van der Waals surface area contributed by atoms with Crippen LogP contribution in [0.15, 0.2) is 53.6 Å². The Morgan fingerprint density at radius 3 is 2.55 bits per heavy atom. The number of allylic oxidation sites excluding steroid dienone is 2. The van der Waals surface area contributed by atoms with E-state index in [0.717, 1.165) is 22.3 Å². The number of methoxy groups -OCH3 is 1. The van der Waals surface area contributed by atoms with Gasteiger partial charge in [0.2, 0.25) is 11.8 Å². The Morgan fingerprint density at radius 1 is 1.21 bits per heavy atom. The summed E-state index contributed by atoms with van der Waals surface area (Å²) in [5.74, 6) is -1.68. The van der Waals surface area contributed by atoms with Crippen molar-refractivity contribution in [2.45, 2.75) is 38.7 Å². The first kappa shape index (κ1) is 28.3. The maximum absolute atomic E-state index is 12.9. The summed E-state index contributed by atoms with van der Waals surface area (Å²) in [5, 5.41) is 32.1. The molecule has 1 fully saturated rings. The minimum absolute atomic E-state index is 0.0946. The zero-order valence-corrected chi connectivity index (χ0v) is 24.0. The van der Waals surface area contributed by atoms with Crippen molar-refractivity contribution in [2.75, 3.05) is 20.8 Å². The number of amides is 2. The fraction of sp³-hybridized carbons (Fsp3) is 0.400. The molecule has 0 spiro atoms. The Balaban J connectivity index is 1.65. The number of aliphatic hydroxyl groups is 2. The Labute approximate surface area is 237 Å². The minimum Gasteiger partial charge on any atom is -0.504 e. The zero-order valence-electron chi connectivity index (χ0n) is 21.9. The molecule has 0 unspecified atom stereocenters. The quantitative estimate of drug-likeness (QED) is 0.161. The topological polar surface area (TPSA) is 107 Å². The van der Waals surface area contributed by atoms with Crippen LogP contribution in [0.4, 0.5) is 0 Å². The number of imide groups is 1. The van der Waals surface area contributed by atoms with E-state index in [9.17, 15) is 24.9 Å². The number of nitrogens with zero attached hydrogens (tertiary/aromatic N) is 1. The predicted molar refractivity (Wildman–Crippen MR) is 154 cm³/mol. The number of carbonyl (C=O) groups excluding carboxylic acids is 2. The van der Waals surface area contributed by atoms with Crippen LogP contribution < -0.4 is 4.74 Å². The van der Waals surface area contributed by atoms with E-state index in [-0.39, 0.29) is 24.2 Å². The van der Waals surface area contributed by atoms with Crippen molar-refractivity contribution >= 4 is 46.1 Å². The van der Waals surface area contributed by atoms with Gasteiger partial charge in [-0.3, -0.25) is 14.5 Å². The van der Waals surface area contributed by atoms with Gasteiger partial charge in [0.25, 0.3) is 0 Å². The molecule has 2 aliphatic rings. The third-order valence-corrected chi connectivity index (χ3v) is 8.65. The van der Waals surface area contributed by atoms with Crippen LogP contribution in [-0.2, 0) is 9.59 Å². The molecule has 0 aromatic heterocycles. The second kappa shape index (κ2) is 12.0. The maximum atomic E-state index is 12.9. The number of benzene rings is 2. The molecule has 38 heavy (non-hydrogen) atoms. The lowest BCUT2D eigenvalue weighted by molar-refractivity contribution is -0.138. The molecule has 2 aromatic rings. The Hall–Kier alpha value is -2.69. The fourth-order valence-corrected chi connectivity index (χ4v) is 6.51. The number of ether oxygens (including phenoxy) is 1. The number of hydrogen-bond donors (Lipinski definition) is 3. The van der Waals surface area contributed by atoms with Gasteiger partial charge in [-0.05, 0) is 82.7 Å². The largest absolute Gasteiger partial charge is 0.504 e. The van der Waals surface area contributed by atoms with Gasteiger partial charge in [0.1, 0.15) is 0 Å². The molecule has 0 radical (unpaired) electrons. The summed E-state index contributed by atoms with van der Waals surface area (Å²) < 4.78 is 6.00. The average molecular weight is 632 g/mol. The third kappa shape index (κ3) is 5.39. The van der Waals surface area contributed by atoms with E-state index in [2.05, 4.69) is 22.6 Å². The van der Waals surface area contributed by atoms with E-state index in [1.165, 1.54) is 19.1 Å². The van der Waals surface area contributed by atoms with Gasteiger partial charge in [0.05, 0.1) is 35.2 Å². The summed E-state index contributed by atoms with van der Waals surface area (Å²) in [6.45, 7) is 1.69. The number of aliphatic hydroxyl groups excluding tert-OH is 2. The standard InChI is InChI=1S/C30H34INO6/c1-4-18-15-21-27(30(37)32(2)29(21)36)22(16-33)26(18)24(34)11-10-20(19-8-6-5-7-9-19)12-17-13-23(31)28(35)25(14-17)38-3/h5-9,12-14,21-22,24,27,33-35H,4,10-11,15-16H2,1-3H3/b20-12-/t21-,22+,24-,27-/m1/s1. The lowest BCUT2D eigenvalue weighted by Crippen LogP contribution is -2.38. The Bertz CT molecular complexity index is 1270. The van der Waals surface area contributed by atoms with Gasteiger partial charge in [-0.15, -0.1) is 0 Å². The van der Waals surface area contributed by atoms with Crippen molar-refractivity contribution in [1.82, 2.24) is 4.90 Å². The van der Waals surface area contributed by atoms with Crippen molar-refractivity contribution in [2.24, 2.45) is 17.8 Å². The molecule has 4 atom stereocenters. The van der Waals surface area contributed by atoms with Crippen LogP contribution in [0.2, 0.25) is 0 Å². The molecule has 2 amide bonds. The number of carbonyl (C=O) groups is 2. The average Bonchev–Trinajstić information content (AvgIpc) is 3.15. The smallest absolute Gasteiger partial charge is 0.233 e. The monoisotopic (exact) mass is 631 g/mol. The van der Waals surface area contributed by atoms with Crippen molar-refractivity contribution in [3.63, 3.8) is 0 Å². The summed E-state index contributed by atoms with van der Waals surface area (Å²) in [7, 11) is 3.01. The molecule has 7 nitrogen and oxygen atoms in total. The van der Waals surface area contributed by atoms with Crippen molar-refractivity contribution in [3.05, 3.63) is 68.3 Å². The molecular weight excluding hydrogens is 597 g/mol. The summed E-state index contributed by atoms with van der Waals surface area (Å²) in [6.07, 6.45) is 3.16. The fourth-order valence-electron chi connectivity index (χ4n) is 5.89. The molecule has 4 rings (SSSR count). The molecule has 202 valence electrons. The van der Waals surface area contributed by atoms with E-state index in [0.29, 0.717) is 40.6 Å². The molecule has 0 bridgehead atoms. The van der Waals surface area contributed by atoms with Crippen LogP contribution in [0, 0.1) is 21.3 Å². The van der Waals surface area contributed by atoms with Gasteiger partial charge in [-0.1, -0.05) is 48.9 Å². The van der Waals surface area contributed by atoms with Crippen LogP contribution in [0.5, 0.6) is 11.5 Å². The number of fused-ring (bicyclic) bond motifs is 1. The second-order valence-electron chi connectivity index (χ2n) is 9.92. The van der Waals surface area contributed by atoms with E-state index >= 15 is 0 Å². The van der Waals surface area contributed by atoms with Crippen LogP contribution in [0.3, 0.4) is 0 Å². The maximum Gasteiger partial charge on any atom is 0.233 e. The Morgan fingerprint density at radius 2 is 1.92 bits per heavy atom. The molecule has 2 aromatic carbocycles. The highest BCUT2D eigenvalue weighted by Crippen LogP contribution is 2.46. The van der Waals surface area contributed by atoms with Crippen LogP contribution in [-0.4, -0.2) is 58.9 Å². The number of aromatic hydroxyl groups is 1. The molecule has 1 saturated heterocycles. The lowest BCUT2D eigenvalue weighted by atomic mass is 9.67. The van der Waals surface area contributed by atoms with Crippen LogP contribution in [0.25, 0.3) is 11.6 Å². The van der Waals surface area contributed by atoms with E-state index in [1.807, 2.05) is 49.4 Å². The number of rotatable bonds is 9. The number of phenols is 1. The van der Waals surface area contributed by atoms with Gasteiger partial charge in [0, 0.05) is 13.0 Å². The third-order valence-electron chi connectivity index (χ3n) is 7.83. The molecule has 1 aliphatic carbocycles. The van der Waals surface area contributed by atoms with Crippen molar-refractivity contribution in [3.8, 4) is 11.5 Å². The predicted octanol–water partition coefficient (Wildman–Crippen LogP) is 4.64. The van der Waals surface area contributed by atoms with Gasteiger partial charge in [0.15, 0.2) is 11.5 Å². The number of likely N-dealkylation sites (tertiary alicyclic amines) is 1. The van der Waals surface area contributed by atoms with Crippen LogP contribution in [0.1, 0.15) is 43.7 Å². The highest BCUT2D eigenvalue weighted by atomic mass is 127. The summed E-state index contributed by atoms with van der Waals surface area (Å²) >= 11 is 2.07. The first-order valence-corrected chi connectivity index (χ1v) is 13.9. The van der Waals surface area contributed by atoms with Crippen molar-refractivity contribution < 1.29 is 29.6 Å². The molecule has 8 heteroatoms. The molecule has 0 saturated carbocycles. The SMILES string of the molecule is CCC1=C([C@H](O)CC/C(=C/c2cc(I)c(O)c(OC)c2)c2ccccc2)[C@H](CO)[C@@H]2C(=O)N(C)C(=O)[C@@H]2C1. The van der Waals surface area contributed by atoms with E-state index in [1.54, 1.807) is 6.07 Å². The summed E-state index contributed by atoms with van der Waals surface area (Å²) in [5.41, 5.74) is 4.52. The first-order valence-electron chi connectivity index (χ1n) is 12.9. The van der Waals surface area contributed by atoms with Crippen molar-refractivity contribution in [1.29, 1.82) is 0 Å². The summed E-state index contributed by atoms with van der Waals surface area (Å²) in [6, 6.07) is 13.5. The second-order valence-corrected chi connectivity index (χ2v) is 11.1. The molecule has 1 aliphatic heterocycles. The first-order chi connectivity index (χ1) is 18.2. The van der Waals surface area contributed by atoms with Gasteiger partial charge >= 0.3 is 0 Å². The number of phenolic OH excluding ortho intramolecular Hbond substituents is 1. The minimum atomic E-state index is -0.863. The molecular formula is C30H34INO6. The van der Waals surface area contributed by atoms with E-state index in [4.69, 9.17) is 4.74 Å². The van der Waals surface area contributed by atoms with Crippen LogP contribution >= 0.6 is 22.6 Å². The van der Waals surface area contributed by atoms with Gasteiger partial charge in [-0.25, -0.2) is 0 Å². The molecule has 1 heterocycles. The molecule has 3 N–H and O–H groups in total. The van der Waals surface area contributed by atoms with Gasteiger partial charge < -0.3 is 20.1 Å². The number of hydrogen-bond acceptors (Lipinski definition) is 6. The lowest BCUT2D eigenvalue weighted by Gasteiger charge is -2.36. The summed E-state index contributed by atoms with van der Waals surface area (Å²) in [4.78, 5) is 26.8. The van der Waals surface area contributed by atoms with E-state index < -0.39 is 23.9 Å².